The summed E-state index contributed by atoms with van der Waals surface area (Å²) in [6.07, 6.45) is 2.45. The first-order chi connectivity index (χ1) is 15.3. The predicted molar refractivity (Wildman–Crippen MR) is 126 cm³/mol. The molecule has 7 nitrogen and oxygen atoms in total. The van der Waals surface area contributed by atoms with Crippen LogP contribution < -0.4 is 9.46 Å². The van der Waals surface area contributed by atoms with Crippen molar-refractivity contribution in [3.63, 3.8) is 0 Å². The van der Waals surface area contributed by atoms with Gasteiger partial charge in [-0.3, -0.25) is 4.79 Å². The van der Waals surface area contributed by atoms with Gasteiger partial charge in [-0.25, -0.2) is 13.1 Å². The van der Waals surface area contributed by atoms with Gasteiger partial charge in [-0.2, -0.15) is 0 Å². The first-order valence-electron chi connectivity index (χ1n) is 10.5. The summed E-state index contributed by atoms with van der Waals surface area (Å²) < 4.78 is 39.9. The highest BCUT2D eigenvalue weighted by Gasteiger charge is 2.26. The highest BCUT2D eigenvalue weighted by Crippen LogP contribution is 2.28. The van der Waals surface area contributed by atoms with E-state index in [1.165, 1.54) is 17.8 Å². The molecule has 1 heterocycles. The molecule has 1 aliphatic heterocycles. The van der Waals surface area contributed by atoms with Gasteiger partial charge in [0.2, 0.25) is 10.0 Å². The summed E-state index contributed by atoms with van der Waals surface area (Å²) in [6.45, 7) is 5.82. The number of sulfonamides is 1. The molecule has 0 spiro atoms. The van der Waals surface area contributed by atoms with Gasteiger partial charge in [0.05, 0.1) is 30.8 Å². The van der Waals surface area contributed by atoms with Crippen LogP contribution in [0.1, 0.15) is 40.9 Å². The van der Waals surface area contributed by atoms with Crippen LogP contribution in [0.15, 0.2) is 46.2 Å². The lowest BCUT2D eigenvalue weighted by Crippen LogP contribution is -2.41. The summed E-state index contributed by atoms with van der Waals surface area (Å²) in [4.78, 5) is 15.6. The average molecular weight is 479 g/mol. The van der Waals surface area contributed by atoms with E-state index in [-0.39, 0.29) is 10.8 Å². The fourth-order valence-corrected chi connectivity index (χ4v) is 5.62. The molecule has 0 bridgehead atoms. The van der Waals surface area contributed by atoms with Gasteiger partial charge < -0.3 is 14.4 Å². The molecule has 2 aromatic rings. The summed E-state index contributed by atoms with van der Waals surface area (Å²) in [5, 5.41) is 0. The Morgan fingerprint density at radius 1 is 1.22 bits per heavy atom. The molecule has 0 unspecified atom stereocenters. The third kappa shape index (κ3) is 5.46. The van der Waals surface area contributed by atoms with Gasteiger partial charge in [0, 0.05) is 24.0 Å². The van der Waals surface area contributed by atoms with Gasteiger partial charge >= 0.3 is 0 Å². The maximum atomic E-state index is 13.2. The number of methoxy groups -OCH3 is 1. The molecule has 3 rings (SSSR count). The zero-order valence-electron chi connectivity index (χ0n) is 18.9. The minimum absolute atomic E-state index is 0.0793. The molecule has 1 saturated heterocycles. The van der Waals surface area contributed by atoms with Crippen molar-refractivity contribution in [2.75, 3.05) is 39.7 Å². The maximum Gasteiger partial charge on any atom is 0.255 e. The van der Waals surface area contributed by atoms with Crippen molar-refractivity contribution in [2.24, 2.45) is 0 Å². The van der Waals surface area contributed by atoms with Crippen LogP contribution in [0, 0.1) is 6.92 Å². The number of aryl methyl sites for hydroxylation is 1. The molecule has 1 N–H and O–H groups in total. The van der Waals surface area contributed by atoms with Gasteiger partial charge in [0.25, 0.3) is 5.91 Å². The van der Waals surface area contributed by atoms with Crippen LogP contribution in [0.25, 0.3) is 0 Å². The second kappa shape index (κ2) is 10.7. The standard InChI is InChI=1S/C23H30N2O5S2/c1-5-20(17-6-8-21(29-3)16(2)14-17)24-32(27,28)18-7-9-22(31-4)19(15-18)23(26)25-10-12-30-13-11-25/h6-9,14-15,20,24H,5,10-13H2,1-4H3/t20-/m0/s1. The number of carbonyl (C=O) groups excluding carboxylic acids is 1. The van der Waals surface area contributed by atoms with Crippen molar-refractivity contribution in [3.8, 4) is 5.75 Å². The molecule has 2 aromatic carbocycles. The third-order valence-electron chi connectivity index (χ3n) is 5.54. The van der Waals surface area contributed by atoms with Crippen LogP contribution in [0.2, 0.25) is 0 Å². The largest absolute Gasteiger partial charge is 0.496 e. The van der Waals surface area contributed by atoms with Crippen molar-refractivity contribution in [2.45, 2.75) is 36.1 Å². The van der Waals surface area contributed by atoms with Crippen molar-refractivity contribution >= 4 is 27.7 Å². The monoisotopic (exact) mass is 478 g/mol. The lowest BCUT2D eigenvalue weighted by Gasteiger charge is -2.27. The topological polar surface area (TPSA) is 84.9 Å². The fraction of sp³-hybridized carbons (Fsp3) is 0.435. The van der Waals surface area contributed by atoms with E-state index in [1.54, 1.807) is 24.1 Å². The Hall–Kier alpha value is -2.07. The summed E-state index contributed by atoms with van der Waals surface area (Å²) in [5.41, 5.74) is 2.20. The smallest absolute Gasteiger partial charge is 0.255 e. The van der Waals surface area contributed by atoms with Gasteiger partial charge in [-0.1, -0.05) is 19.1 Å². The highest BCUT2D eigenvalue weighted by molar-refractivity contribution is 7.98. The number of hydrogen-bond acceptors (Lipinski definition) is 6. The van der Waals surface area contributed by atoms with Crippen LogP contribution >= 0.6 is 11.8 Å². The van der Waals surface area contributed by atoms with E-state index in [4.69, 9.17) is 9.47 Å². The molecule has 0 aliphatic carbocycles. The second-order valence-corrected chi connectivity index (χ2v) is 10.1. The molecule has 0 radical (unpaired) electrons. The zero-order valence-corrected chi connectivity index (χ0v) is 20.5. The van der Waals surface area contributed by atoms with Gasteiger partial charge in [0.1, 0.15) is 5.75 Å². The van der Waals surface area contributed by atoms with E-state index < -0.39 is 16.1 Å². The molecular formula is C23H30N2O5S2. The van der Waals surface area contributed by atoms with Crippen molar-refractivity contribution in [1.29, 1.82) is 0 Å². The fourth-order valence-electron chi connectivity index (χ4n) is 3.72. The number of carbonyl (C=O) groups is 1. The van der Waals surface area contributed by atoms with Crippen LogP contribution in [-0.2, 0) is 14.8 Å². The van der Waals surface area contributed by atoms with Gasteiger partial charge in [-0.05, 0) is 55.0 Å². The second-order valence-electron chi connectivity index (χ2n) is 7.58. The van der Waals surface area contributed by atoms with Crippen molar-refractivity contribution in [3.05, 3.63) is 53.1 Å². The van der Waals surface area contributed by atoms with Crippen LogP contribution in [0.4, 0.5) is 0 Å². The molecule has 174 valence electrons. The SMILES string of the molecule is CC[C@H](NS(=O)(=O)c1ccc(SC)c(C(=O)N2CCOCC2)c1)c1ccc(OC)c(C)c1. The van der Waals surface area contributed by atoms with E-state index in [9.17, 15) is 13.2 Å². The first-order valence-corrected chi connectivity index (χ1v) is 13.2. The minimum atomic E-state index is -3.85. The van der Waals surface area contributed by atoms with E-state index in [0.717, 1.165) is 21.8 Å². The highest BCUT2D eigenvalue weighted by atomic mass is 32.2. The number of amides is 1. The molecule has 1 atom stereocenters. The van der Waals surface area contributed by atoms with Crippen LogP contribution in [0.5, 0.6) is 5.75 Å². The quantitative estimate of drug-likeness (QED) is 0.584. The maximum absolute atomic E-state index is 13.2. The Labute approximate surface area is 194 Å². The van der Waals surface area contributed by atoms with E-state index in [0.29, 0.717) is 38.3 Å². The first kappa shape index (κ1) is 24.6. The number of rotatable bonds is 8. The number of nitrogens with zero attached hydrogens (tertiary/aromatic N) is 1. The molecule has 9 heteroatoms. The Morgan fingerprint density at radius 3 is 2.53 bits per heavy atom. The Kier molecular flexibility index (Phi) is 8.21. The van der Waals surface area contributed by atoms with Crippen molar-refractivity contribution in [1.82, 2.24) is 9.62 Å². The number of hydrogen-bond donors (Lipinski definition) is 1. The minimum Gasteiger partial charge on any atom is -0.496 e. The molecule has 1 amide bonds. The van der Waals surface area contributed by atoms with E-state index >= 15 is 0 Å². The van der Waals surface area contributed by atoms with Crippen LogP contribution in [0.3, 0.4) is 0 Å². The summed E-state index contributed by atoms with van der Waals surface area (Å²) in [6, 6.07) is 9.98. The zero-order chi connectivity index (χ0) is 23.3. The summed E-state index contributed by atoms with van der Waals surface area (Å²) in [5.74, 6) is 0.581. The molecule has 32 heavy (non-hydrogen) atoms. The van der Waals surface area contributed by atoms with Crippen LogP contribution in [-0.4, -0.2) is 58.9 Å². The predicted octanol–water partition coefficient (Wildman–Crippen LogP) is 3.63. The molecule has 1 aliphatic rings. The number of benzene rings is 2. The third-order valence-corrected chi connectivity index (χ3v) is 7.80. The number of nitrogens with one attached hydrogen (secondary N) is 1. The lowest BCUT2D eigenvalue weighted by atomic mass is 10.0. The van der Waals surface area contributed by atoms with Gasteiger partial charge in [-0.15, -0.1) is 11.8 Å². The summed E-state index contributed by atoms with van der Waals surface area (Å²) >= 11 is 1.42. The molecule has 0 saturated carbocycles. The molecular weight excluding hydrogens is 448 g/mol. The average Bonchev–Trinajstić information content (AvgIpc) is 2.82. The number of ether oxygens (including phenoxy) is 2. The number of thioether (sulfide) groups is 1. The van der Waals surface area contributed by atoms with Gasteiger partial charge in [0.15, 0.2) is 0 Å². The van der Waals surface area contributed by atoms with E-state index in [2.05, 4.69) is 4.72 Å². The molecule has 0 aromatic heterocycles. The van der Waals surface area contributed by atoms with E-state index in [1.807, 2.05) is 38.3 Å². The summed E-state index contributed by atoms with van der Waals surface area (Å²) in [7, 11) is -2.24. The lowest BCUT2D eigenvalue weighted by molar-refractivity contribution is 0.0300. The normalized spacial score (nSPS) is 15.4. The Bertz CT molecular complexity index is 1070. The Morgan fingerprint density at radius 2 is 1.94 bits per heavy atom. The number of morpholine rings is 1. The van der Waals surface area contributed by atoms with Crippen molar-refractivity contribution < 1.29 is 22.7 Å². The Balaban J connectivity index is 1.90. The molecule has 1 fully saturated rings.